The van der Waals surface area contributed by atoms with E-state index in [0.717, 1.165) is 17.8 Å². The van der Waals surface area contributed by atoms with Gasteiger partial charge in [-0.2, -0.15) is 5.10 Å². The first kappa shape index (κ1) is 14.9. The van der Waals surface area contributed by atoms with Gasteiger partial charge >= 0.3 is 0 Å². The van der Waals surface area contributed by atoms with Crippen LogP contribution in [0.3, 0.4) is 0 Å². The van der Waals surface area contributed by atoms with Crippen LogP contribution in [-0.2, 0) is 13.5 Å². The van der Waals surface area contributed by atoms with Crippen molar-refractivity contribution in [3.05, 3.63) is 47.3 Å². The van der Waals surface area contributed by atoms with Gasteiger partial charge in [-0.15, -0.1) is 0 Å². The molecule has 8 heteroatoms. The Labute approximate surface area is 119 Å². The van der Waals surface area contributed by atoms with Crippen molar-refractivity contribution in [1.29, 1.82) is 0 Å². The molecule has 1 aromatic carbocycles. The zero-order valence-corrected chi connectivity index (χ0v) is 11.4. The quantitative estimate of drug-likeness (QED) is 0.566. The number of hydrogen-bond donors (Lipinski definition) is 3. The molecule has 2 aromatic rings. The number of rotatable bonds is 5. The fourth-order valence-corrected chi connectivity index (χ4v) is 1.89. The third kappa shape index (κ3) is 3.34. The number of nitrogen functional groups attached to an aromatic ring is 1. The number of hydrazine groups is 1. The lowest BCUT2D eigenvalue weighted by Gasteiger charge is -2.08. The molecular formula is C13H15F2N5O. The summed E-state index contributed by atoms with van der Waals surface area (Å²) in [6.07, 6.45) is 2.22. The maximum atomic E-state index is 13.5. The van der Waals surface area contributed by atoms with Crippen LogP contribution in [0.25, 0.3) is 0 Å². The van der Waals surface area contributed by atoms with Crippen molar-refractivity contribution in [2.45, 2.75) is 6.42 Å². The van der Waals surface area contributed by atoms with Gasteiger partial charge in [0, 0.05) is 37.5 Å². The Kier molecular flexibility index (Phi) is 4.49. The lowest BCUT2D eigenvalue weighted by Crippen LogP contribution is -2.26. The molecule has 1 amide bonds. The van der Waals surface area contributed by atoms with E-state index in [0.29, 0.717) is 13.0 Å². The van der Waals surface area contributed by atoms with Gasteiger partial charge in [0.1, 0.15) is 5.69 Å². The van der Waals surface area contributed by atoms with Gasteiger partial charge in [-0.3, -0.25) is 15.3 Å². The van der Waals surface area contributed by atoms with Crippen LogP contribution in [0.4, 0.5) is 14.5 Å². The van der Waals surface area contributed by atoms with Gasteiger partial charge in [0.25, 0.3) is 5.91 Å². The van der Waals surface area contributed by atoms with Gasteiger partial charge in [0.05, 0.1) is 0 Å². The van der Waals surface area contributed by atoms with E-state index in [2.05, 4.69) is 10.4 Å². The van der Waals surface area contributed by atoms with Crippen molar-refractivity contribution in [2.24, 2.45) is 12.9 Å². The molecule has 0 aliphatic carbocycles. The monoisotopic (exact) mass is 295 g/mol. The highest BCUT2D eigenvalue weighted by Crippen LogP contribution is 2.19. The van der Waals surface area contributed by atoms with E-state index in [4.69, 9.17) is 5.84 Å². The molecule has 0 radical (unpaired) electrons. The minimum absolute atomic E-state index is 0.103. The Morgan fingerprint density at radius 1 is 1.38 bits per heavy atom. The maximum absolute atomic E-state index is 13.5. The van der Waals surface area contributed by atoms with Gasteiger partial charge in [-0.25, -0.2) is 8.78 Å². The fourth-order valence-electron chi connectivity index (χ4n) is 1.89. The smallest absolute Gasteiger partial charge is 0.251 e. The number of benzene rings is 1. The molecule has 4 N–H and O–H groups in total. The highest BCUT2D eigenvalue weighted by molar-refractivity contribution is 5.94. The first-order valence-corrected chi connectivity index (χ1v) is 6.23. The number of carbonyl (C=O) groups excluding carboxylic acids is 1. The van der Waals surface area contributed by atoms with Crippen molar-refractivity contribution >= 4 is 11.6 Å². The van der Waals surface area contributed by atoms with E-state index in [1.807, 2.05) is 11.5 Å². The van der Waals surface area contributed by atoms with E-state index < -0.39 is 23.2 Å². The van der Waals surface area contributed by atoms with Crippen molar-refractivity contribution in [3.63, 3.8) is 0 Å². The molecule has 112 valence electrons. The third-order valence-electron chi connectivity index (χ3n) is 3.04. The van der Waals surface area contributed by atoms with E-state index in [1.54, 1.807) is 17.9 Å². The van der Waals surface area contributed by atoms with Crippen LogP contribution in [-0.4, -0.2) is 22.2 Å². The predicted molar refractivity (Wildman–Crippen MR) is 73.4 cm³/mol. The van der Waals surface area contributed by atoms with Crippen molar-refractivity contribution in [1.82, 2.24) is 15.1 Å². The molecular weight excluding hydrogens is 280 g/mol. The average molecular weight is 295 g/mol. The van der Waals surface area contributed by atoms with E-state index >= 15 is 0 Å². The molecule has 1 heterocycles. The van der Waals surface area contributed by atoms with Gasteiger partial charge in [-0.05, 0) is 18.2 Å². The number of nitrogens with one attached hydrogen (secondary N) is 2. The van der Waals surface area contributed by atoms with Crippen LogP contribution in [0.2, 0.25) is 0 Å². The molecule has 0 unspecified atom stereocenters. The summed E-state index contributed by atoms with van der Waals surface area (Å²) >= 11 is 0. The molecule has 0 saturated carbocycles. The zero-order valence-electron chi connectivity index (χ0n) is 11.4. The summed E-state index contributed by atoms with van der Waals surface area (Å²) < 4.78 is 28.7. The molecule has 1 aromatic heterocycles. The number of carbonyl (C=O) groups is 1. The normalized spacial score (nSPS) is 10.5. The number of amides is 1. The Balaban J connectivity index is 1.99. The second-order valence-electron chi connectivity index (χ2n) is 4.41. The second-order valence-corrected chi connectivity index (χ2v) is 4.41. The summed E-state index contributed by atoms with van der Waals surface area (Å²) in [4.78, 5) is 11.8. The number of nitrogens with zero attached hydrogens (tertiary/aromatic N) is 2. The Hall–Kier alpha value is -2.48. The Morgan fingerprint density at radius 2 is 2.05 bits per heavy atom. The van der Waals surface area contributed by atoms with Crippen LogP contribution in [0.1, 0.15) is 16.1 Å². The summed E-state index contributed by atoms with van der Waals surface area (Å²) in [6, 6.07) is 3.68. The first-order valence-electron chi connectivity index (χ1n) is 6.23. The summed E-state index contributed by atoms with van der Waals surface area (Å²) in [5.74, 6) is 2.59. The molecule has 0 saturated heterocycles. The Bertz CT molecular complexity index is 633. The number of nitrogens with two attached hydrogens (primary N) is 1. The lowest BCUT2D eigenvalue weighted by atomic mass is 10.1. The Morgan fingerprint density at radius 3 is 2.57 bits per heavy atom. The van der Waals surface area contributed by atoms with E-state index in [1.165, 1.54) is 0 Å². The number of aromatic nitrogens is 2. The third-order valence-corrected chi connectivity index (χ3v) is 3.04. The average Bonchev–Trinajstić information content (AvgIpc) is 2.84. The highest BCUT2D eigenvalue weighted by Gasteiger charge is 2.14. The summed E-state index contributed by atoms with van der Waals surface area (Å²) in [5, 5.41) is 6.59. The molecule has 6 nitrogen and oxygen atoms in total. The van der Waals surface area contributed by atoms with E-state index in [9.17, 15) is 13.6 Å². The molecule has 21 heavy (non-hydrogen) atoms. The SMILES string of the molecule is Cn1nccc1CCNC(=O)c1cc(F)c(NN)c(F)c1. The van der Waals surface area contributed by atoms with Gasteiger partial charge < -0.3 is 10.7 Å². The molecule has 0 aliphatic heterocycles. The summed E-state index contributed by atoms with van der Waals surface area (Å²) in [5.41, 5.74) is 2.27. The highest BCUT2D eigenvalue weighted by atomic mass is 19.1. The standard InChI is InChI=1S/C13H15F2N5O/c1-20-9(3-5-18-20)2-4-17-13(21)8-6-10(14)12(19-16)11(15)7-8/h3,5-7,19H,2,4,16H2,1H3,(H,17,21). The first-order chi connectivity index (χ1) is 10.0. The van der Waals surface area contributed by atoms with Crippen molar-refractivity contribution in [2.75, 3.05) is 12.0 Å². The van der Waals surface area contributed by atoms with Crippen LogP contribution < -0.4 is 16.6 Å². The summed E-state index contributed by atoms with van der Waals surface area (Å²) in [6.45, 7) is 0.332. The molecule has 0 fully saturated rings. The minimum atomic E-state index is -0.922. The van der Waals surface area contributed by atoms with Crippen LogP contribution >= 0.6 is 0 Å². The van der Waals surface area contributed by atoms with Crippen molar-refractivity contribution in [3.8, 4) is 0 Å². The molecule has 0 aliphatic rings. The van der Waals surface area contributed by atoms with Crippen LogP contribution in [0, 0.1) is 11.6 Å². The van der Waals surface area contributed by atoms with Crippen LogP contribution in [0.15, 0.2) is 24.4 Å². The topological polar surface area (TPSA) is 85.0 Å². The number of aryl methyl sites for hydroxylation is 1. The molecule has 0 atom stereocenters. The van der Waals surface area contributed by atoms with Gasteiger partial charge in [0.15, 0.2) is 11.6 Å². The largest absolute Gasteiger partial charge is 0.352 e. The van der Waals surface area contributed by atoms with Gasteiger partial charge in [0.2, 0.25) is 0 Å². The molecule has 0 spiro atoms. The number of anilines is 1. The minimum Gasteiger partial charge on any atom is -0.352 e. The second kappa shape index (κ2) is 6.31. The predicted octanol–water partition coefficient (Wildman–Crippen LogP) is 0.956. The lowest BCUT2D eigenvalue weighted by molar-refractivity contribution is 0.0953. The maximum Gasteiger partial charge on any atom is 0.251 e. The number of hydrogen-bond acceptors (Lipinski definition) is 4. The molecule has 0 bridgehead atoms. The molecule has 2 rings (SSSR count). The number of halogens is 2. The van der Waals surface area contributed by atoms with Gasteiger partial charge in [-0.1, -0.05) is 0 Å². The fraction of sp³-hybridized carbons (Fsp3) is 0.231. The zero-order chi connectivity index (χ0) is 15.4. The van der Waals surface area contributed by atoms with E-state index in [-0.39, 0.29) is 5.56 Å². The van der Waals surface area contributed by atoms with Crippen molar-refractivity contribution < 1.29 is 13.6 Å². The summed E-state index contributed by atoms with van der Waals surface area (Å²) in [7, 11) is 1.79. The van der Waals surface area contributed by atoms with Crippen LogP contribution in [0.5, 0.6) is 0 Å².